The van der Waals surface area contributed by atoms with Crippen LogP contribution in [-0.4, -0.2) is 56.2 Å². The van der Waals surface area contributed by atoms with Crippen molar-refractivity contribution >= 4 is 31.6 Å². The maximum atomic E-state index is 13.4. The molecule has 12 heteroatoms. The summed E-state index contributed by atoms with van der Waals surface area (Å²) in [6, 6.07) is 8.01. The summed E-state index contributed by atoms with van der Waals surface area (Å²) >= 11 is 3.25. The molecule has 0 aromatic heterocycles. The second-order valence-electron chi connectivity index (χ2n) is 7.59. The van der Waals surface area contributed by atoms with Crippen LogP contribution in [0, 0.1) is 5.41 Å². The highest BCUT2D eigenvalue weighted by molar-refractivity contribution is 9.10. The van der Waals surface area contributed by atoms with Crippen LogP contribution >= 0.6 is 15.9 Å². The topological polar surface area (TPSA) is 107 Å². The van der Waals surface area contributed by atoms with E-state index in [9.17, 15) is 36.9 Å². The van der Waals surface area contributed by atoms with Gasteiger partial charge in [-0.3, -0.25) is 4.31 Å². The molecule has 3 N–H and O–H groups in total. The van der Waals surface area contributed by atoms with Gasteiger partial charge in [-0.15, -0.1) is 0 Å². The third-order valence-corrected chi connectivity index (χ3v) is 7.54. The van der Waals surface area contributed by atoms with Crippen LogP contribution in [0.4, 0.5) is 18.9 Å². The Labute approximate surface area is 191 Å². The van der Waals surface area contributed by atoms with Crippen LogP contribution < -0.4 is 9.04 Å². The average Bonchev–Trinajstić information content (AvgIpc) is 2.76. The Morgan fingerprint density at radius 2 is 1.72 bits per heavy atom. The predicted octanol–water partition coefficient (Wildman–Crippen LogP) is 2.78. The van der Waals surface area contributed by atoms with Crippen molar-refractivity contribution in [1.29, 1.82) is 0 Å². The Kier molecular flexibility index (Phi) is 7.11. The van der Waals surface area contributed by atoms with Gasteiger partial charge in [0.1, 0.15) is 11.9 Å². The molecule has 176 valence electrons. The molecule has 0 saturated heterocycles. The summed E-state index contributed by atoms with van der Waals surface area (Å²) in [6.45, 7) is -2.03. The second kappa shape index (κ2) is 9.18. The zero-order valence-corrected chi connectivity index (χ0v) is 19.0. The van der Waals surface area contributed by atoms with Crippen LogP contribution in [0.1, 0.15) is 12.0 Å². The fraction of sp³-hybridized carbons (Fsp3) is 0.400. The number of ether oxygens (including phenoxy) is 1. The van der Waals surface area contributed by atoms with Crippen LogP contribution in [0.15, 0.2) is 51.8 Å². The second-order valence-corrected chi connectivity index (χ2v) is 10.4. The largest absolute Gasteiger partial charge is 0.486 e. The smallest absolute Gasteiger partial charge is 0.416 e. The number of alkyl halides is 3. The summed E-state index contributed by atoms with van der Waals surface area (Å²) in [5.41, 5.74) is -2.31. The summed E-state index contributed by atoms with van der Waals surface area (Å²) in [4.78, 5) is -0.545. The Morgan fingerprint density at radius 1 is 1.06 bits per heavy atom. The maximum absolute atomic E-state index is 13.4. The van der Waals surface area contributed by atoms with Gasteiger partial charge in [0, 0.05) is 9.89 Å². The summed E-state index contributed by atoms with van der Waals surface area (Å²) in [6.07, 6.45) is -5.71. The van der Waals surface area contributed by atoms with Gasteiger partial charge in [0.2, 0.25) is 0 Å². The van der Waals surface area contributed by atoms with E-state index in [2.05, 4.69) is 15.9 Å². The summed E-state index contributed by atoms with van der Waals surface area (Å²) in [5, 5.41) is 28.9. The number of rotatable bonds is 7. The number of fused-ring (bicyclic) bond motifs is 1. The first-order valence-electron chi connectivity index (χ1n) is 9.44. The van der Waals surface area contributed by atoms with E-state index in [0.29, 0.717) is 10.5 Å². The van der Waals surface area contributed by atoms with Gasteiger partial charge in [-0.25, -0.2) is 8.42 Å². The predicted molar refractivity (Wildman–Crippen MR) is 113 cm³/mol. The molecule has 1 aliphatic heterocycles. The summed E-state index contributed by atoms with van der Waals surface area (Å²) < 4.78 is 73.6. The third kappa shape index (κ3) is 4.88. The highest BCUT2D eigenvalue weighted by Gasteiger charge is 2.40. The first-order chi connectivity index (χ1) is 15.0. The quantitative estimate of drug-likeness (QED) is 0.499. The number of sulfonamides is 1. The fourth-order valence-electron chi connectivity index (χ4n) is 3.41. The van der Waals surface area contributed by atoms with Crippen LogP contribution in [0.25, 0.3) is 0 Å². The highest BCUT2D eigenvalue weighted by atomic mass is 79.9. The molecule has 32 heavy (non-hydrogen) atoms. The minimum atomic E-state index is -4.72. The average molecular weight is 540 g/mol. The zero-order chi connectivity index (χ0) is 23.7. The Balaban J connectivity index is 2.06. The van der Waals surface area contributed by atoms with E-state index in [0.717, 1.165) is 22.5 Å². The molecule has 2 aromatic carbocycles. The molecule has 0 bridgehead atoms. The van der Waals surface area contributed by atoms with Crippen LogP contribution in [0.2, 0.25) is 0 Å². The van der Waals surface area contributed by atoms with Crippen molar-refractivity contribution in [3.05, 3.63) is 52.5 Å². The van der Waals surface area contributed by atoms with E-state index in [-0.39, 0.29) is 24.4 Å². The van der Waals surface area contributed by atoms with E-state index in [4.69, 9.17) is 4.74 Å². The van der Waals surface area contributed by atoms with Gasteiger partial charge in [-0.1, -0.05) is 22.0 Å². The minimum absolute atomic E-state index is 0.0966. The Bertz CT molecular complexity index is 1070. The van der Waals surface area contributed by atoms with Gasteiger partial charge in [-0.05, 0) is 42.8 Å². The van der Waals surface area contributed by atoms with Crippen LogP contribution in [0.5, 0.6) is 5.75 Å². The molecule has 1 atom stereocenters. The van der Waals surface area contributed by atoms with Crippen molar-refractivity contribution in [2.45, 2.75) is 23.6 Å². The molecule has 0 radical (unpaired) electrons. The van der Waals surface area contributed by atoms with Crippen molar-refractivity contribution in [1.82, 2.24) is 0 Å². The van der Waals surface area contributed by atoms with Gasteiger partial charge in [0.25, 0.3) is 10.0 Å². The molecule has 0 unspecified atom stereocenters. The van der Waals surface area contributed by atoms with E-state index < -0.39 is 58.0 Å². The molecule has 1 heterocycles. The molecule has 0 amide bonds. The van der Waals surface area contributed by atoms with Gasteiger partial charge in [0.05, 0.1) is 42.5 Å². The standard InChI is InChI=1S/C20H21BrF3NO6S/c21-14-4-5-18-17(7-14)25(9-15(31-18)8-19(10-26,11-27)12-28)32(29,30)16-3-1-2-13(6-16)20(22,23)24/h1-7,15,26-28H,8-12H2/t15-/m0/s1. The molecule has 0 saturated carbocycles. The lowest BCUT2D eigenvalue weighted by Gasteiger charge is -2.39. The highest BCUT2D eigenvalue weighted by Crippen LogP contribution is 2.41. The third-order valence-electron chi connectivity index (χ3n) is 5.27. The van der Waals surface area contributed by atoms with E-state index in [1.165, 1.54) is 12.1 Å². The van der Waals surface area contributed by atoms with Gasteiger partial charge in [-0.2, -0.15) is 13.2 Å². The van der Waals surface area contributed by atoms with Crippen LogP contribution in [0.3, 0.4) is 0 Å². The Hall–Kier alpha value is -1.86. The number of anilines is 1. The summed E-state index contributed by atoms with van der Waals surface area (Å²) in [7, 11) is -4.44. The van der Waals surface area contributed by atoms with Crippen LogP contribution in [-0.2, 0) is 16.2 Å². The van der Waals surface area contributed by atoms with E-state index in [1.807, 2.05) is 0 Å². The SMILES string of the molecule is O=S(=O)(c1cccc(C(F)(F)F)c1)N1C[C@H](CC(CO)(CO)CO)Oc2ccc(Br)cc21. The molecule has 1 aliphatic rings. The molecular formula is C20H21BrF3NO6S. The number of halogens is 4. The first kappa shape index (κ1) is 24.8. The van der Waals surface area contributed by atoms with Crippen molar-refractivity contribution in [2.24, 2.45) is 5.41 Å². The molecule has 2 aromatic rings. The number of aliphatic hydroxyl groups is 3. The van der Waals surface area contributed by atoms with Gasteiger partial charge in [0.15, 0.2) is 0 Å². The number of nitrogens with zero attached hydrogens (tertiary/aromatic N) is 1. The zero-order valence-electron chi connectivity index (χ0n) is 16.6. The number of benzene rings is 2. The fourth-order valence-corrected chi connectivity index (χ4v) is 5.30. The van der Waals surface area contributed by atoms with E-state index >= 15 is 0 Å². The minimum Gasteiger partial charge on any atom is -0.486 e. The van der Waals surface area contributed by atoms with Crippen molar-refractivity contribution in [3.8, 4) is 5.75 Å². The van der Waals surface area contributed by atoms with Crippen molar-refractivity contribution in [3.63, 3.8) is 0 Å². The normalized spacial score (nSPS) is 17.1. The summed E-state index contributed by atoms with van der Waals surface area (Å²) in [5.74, 6) is 0.155. The van der Waals surface area contributed by atoms with Gasteiger partial charge >= 0.3 is 6.18 Å². The Morgan fingerprint density at radius 3 is 2.31 bits per heavy atom. The van der Waals surface area contributed by atoms with E-state index in [1.54, 1.807) is 6.07 Å². The molecule has 0 spiro atoms. The number of hydrogen-bond acceptors (Lipinski definition) is 6. The molecule has 7 nitrogen and oxygen atoms in total. The lowest BCUT2D eigenvalue weighted by atomic mass is 9.84. The molecule has 0 fully saturated rings. The van der Waals surface area contributed by atoms with Gasteiger partial charge < -0.3 is 20.1 Å². The molecule has 3 rings (SSSR count). The lowest BCUT2D eigenvalue weighted by molar-refractivity contribution is -0.137. The monoisotopic (exact) mass is 539 g/mol. The number of aliphatic hydroxyl groups excluding tert-OH is 3. The van der Waals surface area contributed by atoms with Crippen molar-refractivity contribution in [2.75, 3.05) is 30.7 Å². The lowest BCUT2D eigenvalue weighted by Crippen LogP contribution is -2.48. The maximum Gasteiger partial charge on any atom is 0.416 e. The molecular weight excluding hydrogens is 519 g/mol. The van der Waals surface area contributed by atoms with Crippen molar-refractivity contribution < 1.29 is 41.6 Å². The number of hydrogen-bond donors (Lipinski definition) is 3. The molecule has 0 aliphatic carbocycles. The first-order valence-corrected chi connectivity index (χ1v) is 11.7.